The Labute approximate surface area is 165 Å². The van der Waals surface area contributed by atoms with E-state index in [-0.39, 0.29) is 22.4 Å². The molecule has 0 unspecified atom stereocenters. The predicted molar refractivity (Wildman–Crippen MR) is 102 cm³/mol. The summed E-state index contributed by atoms with van der Waals surface area (Å²) in [5.74, 6) is -1.39. The van der Waals surface area contributed by atoms with Crippen LogP contribution >= 0.6 is 23.4 Å². The molecule has 144 valence electrons. The fourth-order valence-corrected chi connectivity index (χ4v) is 4.23. The van der Waals surface area contributed by atoms with Gasteiger partial charge < -0.3 is 9.64 Å². The second kappa shape index (κ2) is 8.02. The molecule has 27 heavy (non-hydrogen) atoms. The zero-order chi connectivity index (χ0) is 19.7. The third-order valence-corrected chi connectivity index (χ3v) is 5.76. The minimum Gasteiger partial charge on any atom is -0.453 e. The molecular formula is C19H19ClF2N2O2S. The van der Waals surface area contributed by atoms with Crippen molar-refractivity contribution in [3.05, 3.63) is 46.1 Å². The summed E-state index contributed by atoms with van der Waals surface area (Å²) in [7, 11) is 1.31. The van der Waals surface area contributed by atoms with Crippen LogP contribution < -0.4 is 0 Å². The van der Waals surface area contributed by atoms with Crippen LogP contribution in [-0.2, 0) is 17.7 Å². The highest BCUT2D eigenvalue weighted by atomic mass is 35.5. The van der Waals surface area contributed by atoms with Crippen LogP contribution in [0.3, 0.4) is 0 Å². The summed E-state index contributed by atoms with van der Waals surface area (Å²) >= 11 is 7.42. The fourth-order valence-electron chi connectivity index (χ4n) is 3.12. The smallest absolute Gasteiger partial charge is 0.409 e. The molecule has 8 heteroatoms. The molecule has 0 atom stereocenters. The number of carbonyl (C=O) groups is 1. The molecule has 2 heterocycles. The second-order valence-corrected chi connectivity index (χ2v) is 8.45. The quantitative estimate of drug-likeness (QED) is 0.641. The van der Waals surface area contributed by atoms with Gasteiger partial charge in [-0.25, -0.2) is 13.6 Å². The normalized spacial score (nSPS) is 13.7. The molecule has 2 aromatic rings. The molecule has 0 bridgehead atoms. The van der Waals surface area contributed by atoms with Crippen LogP contribution in [0.15, 0.2) is 23.2 Å². The monoisotopic (exact) mass is 412 g/mol. The van der Waals surface area contributed by atoms with Crippen LogP contribution in [0, 0.1) is 11.6 Å². The molecular weight excluding hydrogens is 394 g/mol. The third kappa shape index (κ3) is 3.89. The number of nitrogens with zero attached hydrogens (tertiary/aromatic N) is 2. The lowest BCUT2D eigenvalue weighted by atomic mass is 9.93. The maximum Gasteiger partial charge on any atom is 0.409 e. The Morgan fingerprint density at radius 2 is 2.07 bits per heavy atom. The number of carbonyl (C=O) groups excluding carboxylic acids is 1. The summed E-state index contributed by atoms with van der Waals surface area (Å²) in [6, 6.07) is 3.35. The van der Waals surface area contributed by atoms with Gasteiger partial charge in [0.2, 0.25) is 0 Å². The number of benzene rings is 1. The van der Waals surface area contributed by atoms with Crippen molar-refractivity contribution in [3.63, 3.8) is 0 Å². The van der Waals surface area contributed by atoms with Gasteiger partial charge in [0, 0.05) is 28.9 Å². The second-order valence-electron chi connectivity index (χ2n) is 6.46. The van der Waals surface area contributed by atoms with Crippen molar-refractivity contribution in [1.82, 2.24) is 9.88 Å². The highest BCUT2D eigenvalue weighted by Crippen LogP contribution is 2.38. The highest BCUT2D eigenvalue weighted by Gasteiger charge is 2.28. The number of amides is 1. The number of fused-ring (bicyclic) bond motifs is 1. The topological polar surface area (TPSA) is 42.4 Å². The average molecular weight is 413 g/mol. The Bertz CT molecular complexity index is 892. The molecule has 1 aliphatic rings. The van der Waals surface area contributed by atoms with Crippen molar-refractivity contribution in [2.24, 2.45) is 0 Å². The van der Waals surface area contributed by atoms with Crippen LogP contribution in [0.2, 0.25) is 5.02 Å². The number of hydrogen-bond donors (Lipinski definition) is 0. The molecule has 4 nitrogen and oxygen atoms in total. The number of methoxy groups -OCH3 is 1. The molecule has 0 saturated heterocycles. The van der Waals surface area contributed by atoms with E-state index in [9.17, 15) is 9.18 Å². The molecule has 1 aliphatic heterocycles. The van der Waals surface area contributed by atoms with Crippen molar-refractivity contribution >= 4 is 29.5 Å². The minimum absolute atomic E-state index is 0.0122. The molecule has 1 amide bonds. The van der Waals surface area contributed by atoms with Crippen LogP contribution in [0.5, 0.6) is 0 Å². The van der Waals surface area contributed by atoms with Gasteiger partial charge in [-0.3, -0.25) is 4.98 Å². The van der Waals surface area contributed by atoms with E-state index in [1.54, 1.807) is 12.1 Å². The zero-order valence-electron chi connectivity index (χ0n) is 15.2. The van der Waals surface area contributed by atoms with E-state index in [1.165, 1.54) is 12.0 Å². The van der Waals surface area contributed by atoms with E-state index in [0.717, 1.165) is 23.5 Å². The molecule has 0 aliphatic carbocycles. The van der Waals surface area contributed by atoms with Gasteiger partial charge >= 0.3 is 6.09 Å². The molecule has 0 saturated carbocycles. The summed E-state index contributed by atoms with van der Waals surface area (Å²) in [6.45, 7) is 4.41. The van der Waals surface area contributed by atoms with Gasteiger partial charge in [0.15, 0.2) is 11.6 Å². The number of ether oxygens (including phenoxy) is 1. The first kappa shape index (κ1) is 19.9. The highest BCUT2D eigenvalue weighted by molar-refractivity contribution is 7.99. The summed E-state index contributed by atoms with van der Waals surface area (Å²) in [5.41, 5.74) is 2.11. The summed E-state index contributed by atoms with van der Waals surface area (Å²) in [4.78, 5) is 17.4. The van der Waals surface area contributed by atoms with Crippen molar-refractivity contribution in [2.45, 2.75) is 37.0 Å². The molecule has 0 radical (unpaired) electrons. The van der Waals surface area contributed by atoms with Crippen molar-refractivity contribution in [3.8, 4) is 11.3 Å². The van der Waals surface area contributed by atoms with Crippen LogP contribution in [0.4, 0.5) is 13.6 Å². The van der Waals surface area contributed by atoms with Crippen LogP contribution in [-0.4, -0.2) is 34.9 Å². The van der Waals surface area contributed by atoms with E-state index in [0.29, 0.717) is 29.1 Å². The van der Waals surface area contributed by atoms with Gasteiger partial charge in [0.05, 0.1) is 18.2 Å². The molecule has 1 aromatic heterocycles. The molecule has 0 N–H and O–H groups in total. The van der Waals surface area contributed by atoms with Gasteiger partial charge in [-0.15, -0.1) is 11.8 Å². The van der Waals surface area contributed by atoms with Crippen molar-refractivity contribution in [1.29, 1.82) is 0 Å². The average Bonchev–Trinajstić information content (AvgIpc) is 2.65. The Morgan fingerprint density at radius 3 is 2.74 bits per heavy atom. The van der Waals surface area contributed by atoms with E-state index >= 15 is 4.39 Å². The van der Waals surface area contributed by atoms with E-state index < -0.39 is 17.7 Å². The number of pyridine rings is 1. The SMILES string of the molecule is COC(=O)N1CCc2c(Cl)ccc(-c3ncc(F)c(SC(C)C)c3F)c2C1. The zero-order valence-corrected chi connectivity index (χ0v) is 16.8. The Balaban J connectivity index is 2.13. The third-order valence-electron chi connectivity index (χ3n) is 4.33. The molecule has 0 spiro atoms. The fraction of sp³-hybridized carbons (Fsp3) is 0.368. The van der Waals surface area contributed by atoms with Crippen molar-refractivity contribution in [2.75, 3.05) is 13.7 Å². The summed E-state index contributed by atoms with van der Waals surface area (Å²) in [5, 5.41) is 0.566. The van der Waals surface area contributed by atoms with E-state index in [1.807, 2.05) is 13.8 Å². The Morgan fingerprint density at radius 1 is 1.33 bits per heavy atom. The lowest BCUT2D eigenvalue weighted by Crippen LogP contribution is -2.36. The van der Waals surface area contributed by atoms with Crippen LogP contribution in [0.1, 0.15) is 25.0 Å². The van der Waals surface area contributed by atoms with Gasteiger partial charge in [-0.2, -0.15) is 0 Å². The van der Waals surface area contributed by atoms with Crippen molar-refractivity contribution < 1.29 is 18.3 Å². The molecule has 1 aromatic carbocycles. The number of halogens is 3. The number of aromatic nitrogens is 1. The lowest BCUT2D eigenvalue weighted by molar-refractivity contribution is 0.119. The maximum atomic E-state index is 15.1. The first-order valence-corrected chi connectivity index (χ1v) is 9.73. The lowest BCUT2D eigenvalue weighted by Gasteiger charge is -2.30. The minimum atomic E-state index is -0.701. The van der Waals surface area contributed by atoms with Crippen LogP contribution in [0.25, 0.3) is 11.3 Å². The first-order valence-electron chi connectivity index (χ1n) is 8.47. The maximum absolute atomic E-state index is 15.1. The predicted octanol–water partition coefficient (Wildman–Crippen LogP) is 5.31. The van der Waals surface area contributed by atoms with Gasteiger partial charge in [-0.05, 0) is 23.6 Å². The number of hydrogen-bond acceptors (Lipinski definition) is 4. The summed E-state index contributed by atoms with van der Waals surface area (Å²) < 4.78 is 34.0. The Hall–Kier alpha value is -1.86. The van der Waals surface area contributed by atoms with Gasteiger partial charge in [-0.1, -0.05) is 31.5 Å². The number of thioether (sulfide) groups is 1. The summed E-state index contributed by atoms with van der Waals surface area (Å²) in [6.07, 6.45) is 1.09. The van der Waals surface area contributed by atoms with E-state index in [4.69, 9.17) is 16.3 Å². The number of rotatable bonds is 3. The van der Waals surface area contributed by atoms with Gasteiger partial charge in [0.25, 0.3) is 0 Å². The first-order chi connectivity index (χ1) is 12.8. The Kier molecular flexibility index (Phi) is 5.91. The molecule has 3 rings (SSSR count). The largest absolute Gasteiger partial charge is 0.453 e. The standard InChI is InChI=1S/C19H19ClF2N2O2S/c1-10(2)27-18-15(21)8-23-17(16(18)22)12-4-5-14(20)11-6-7-24(9-13(11)12)19(25)26-3/h4-5,8,10H,6-7,9H2,1-3H3. The van der Waals surface area contributed by atoms with Gasteiger partial charge in [0.1, 0.15) is 5.69 Å². The molecule has 0 fully saturated rings. The van der Waals surface area contributed by atoms with E-state index in [2.05, 4.69) is 4.98 Å².